The lowest BCUT2D eigenvalue weighted by molar-refractivity contribution is 0.306. The highest BCUT2D eigenvalue weighted by molar-refractivity contribution is 9.10. The van der Waals surface area contributed by atoms with Crippen LogP contribution in [0.3, 0.4) is 0 Å². The van der Waals surface area contributed by atoms with Crippen LogP contribution in [0.1, 0.15) is 24.7 Å². The van der Waals surface area contributed by atoms with Crippen LogP contribution in [0.2, 0.25) is 0 Å². The first-order valence-electron chi connectivity index (χ1n) is 5.46. The van der Waals surface area contributed by atoms with Gasteiger partial charge in [0.1, 0.15) is 0 Å². The number of aromatic nitrogens is 3. The van der Waals surface area contributed by atoms with Gasteiger partial charge in [0.15, 0.2) is 11.5 Å². The summed E-state index contributed by atoms with van der Waals surface area (Å²) in [4.78, 5) is 6.90. The average molecular weight is 281 g/mol. The molecule has 16 heavy (non-hydrogen) atoms. The van der Waals surface area contributed by atoms with E-state index < -0.39 is 0 Å². The molecule has 0 aliphatic carbocycles. The Hall–Kier alpha value is -0.940. The Bertz CT molecular complexity index is 522. The molecule has 3 heterocycles. The Balaban J connectivity index is 2.04. The van der Waals surface area contributed by atoms with E-state index >= 15 is 0 Å². The number of rotatable bonds is 1. The number of hydrogen-bond acceptors (Lipinski definition) is 3. The van der Waals surface area contributed by atoms with Gasteiger partial charge in [0, 0.05) is 10.7 Å². The summed E-state index contributed by atoms with van der Waals surface area (Å²) >= 11 is 3.44. The molecule has 1 saturated heterocycles. The number of nitrogens with zero attached hydrogens (tertiary/aromatic N) is 4. The van der Waals surface area contributed by atoms with Gasteiger partial charge in [-0.1, -0.05) is 0 Å². The Labute approximate surface area is 102 Å². The van der Waals surface area contributed by atoms with E-state index in [-0.39, 0.29) is 0 Å². The van der Waals surface area contributed by atoms with Crippen LogP contribution in [0.4, 0.5) is 0 Å². The van der Waals surface area contributed by atoms with Crippen LogP contribution in [0.25, 0.3) is 5.65 Å². The molecule has 0 radical (unpaired) electrons. The summed E-state index contributed by atoms with van der Waals surface area (Å²) in [6.45, 7) is 1.14. The molecule has 1 fully saturated rings. The lowest BCUT2D eigenvalue weighted by atomic mass is 10.2. The maximum Gasteiger partial charge on any atom is 0.168 e. The molecule has 5 heteroatoms. The molecular formula is C11H13BrN4. The second-order valence-electron chi connectivity index (χ2n) is 4.26. The SMILES string of the molecule is CN1CCCC1c1nc2ccc(Br)cn2n1. The molecule has 1 aliphatic heterocycles. The summed E-state index contributed by atoms with van der Waals surface area (Å²) in [6.07, 6.45) is 4.34. The van der Waals surface area contributed by atoms with Gasteiger partial charge in [-0.05, 0) is 54.5 Å². The molecule has 0 bridgehead atoms. The van der Waals surface area contributed by atoms with Crippen LogP contribution in [0.15, 0.2) is 22.8 Å². The van der Waals surface area contributed by atoms with Crippen molar-refractivity contribution >= 4 is 21.6 Å². The van der Waals surface area contributed by atoms with Gasteiger partial charge in [0.05, 0.1) is 6.04 Å². The number of pyridine rings is 1. The quantitative estimate of drug-likeness (QED) is 0.804. The van der Waals surface area contributed by atoms with Crippen molar-refractivity contribution in [1.29, 1.82) is 0 Å². The first-order chi connectivity index (χ1) is 7.74. The number of halogens is 1. The van der Waals surface area contributed by atoms with E-state index in [1.54, 1.807) is 0 Å². The topological polar surface area (TPSA) is 33.4 Å². The molecular weight excluding hydrogens is 268 g/mol. The van der Waals surface area contributed by atoms with E-state index in [0.29, 0.717) is 6.04 Å². The summed E-state index contributed by atoms with van der Waals surface area (Å²) in [5.74, 6) is 0.943. The third-order valence-corrected chi connectivity index (χ3v) is 3.60. The molecule has 3 rings (SSSR count). The van der Waals surface area contributed by atoms with Crippen molar-refractivity contribution in [3.8, 4) is 0 Å². The van der Waals surface area contributed by atoms with Crippen LogP contribution < -0.4 is 0 Å². The zero-order valence-electron chi connectivity index (χ0n) is 9.10. The van der Waals surface area contributed by atoms with Gasteiger partial charge in [0.2, 0.25) is 0 Å². The van der Waals surface area contributed by atoms with E-state index in [1.807, 2.05) is 22.8 Å². The maximum absolute atomic E-state index is 4.58. The molecule has 4 nitrogen and oxygen atoms in total. The van der Waals surface area contributed by atoms with Crippen molar-refractivity contribution in [2.45, 2.75) is 18.9 Å². The van der Waals surface area contributed by atoms with Gasteiger partial charge in [-0.2, -0.15) is 0 Å². The van der Waals surface area contributed by atoms with E-state index in [0.717, 1.165) is 28.9 Å². The molecule has 0 amide bonds. The van der Waals surface area contributed by atoms with Gasteiger partial charge in [-0.15, -0.1) is 5.10 Å². The molecule has 1 unspecified atom stereocenters. The molecule has 0 aromatic carbocycles. The van der Waals surface area contributed by atoms with E-state index in [9.17, 15) is 0 Å². The monoisotopic (exact) mass is 280 g/mol. The predicted octanol–water partition coefficient (Wildman–Crippen LogP) is 2.26. The van der Waals surface area contributed by atoms with Crippen molar-refractivity contribution in [1.82, 2.24) is 19.5 Å². The average Bonchev–Trinajstić information content (AvgIpc) is 2.82. The predicted molar refractivity (Wildman–Crippen MR) is 65.3 cm³/mol. The maximum atomic E-state index is 4.58. The second-order valence-corrected chi connectivity index (χ2v) is 5.17. The third kappa shape index (κ3) is 1.64. The number of hydrogen-bond donors (Lipinski definition) is 0. The summed E-state index contributed by atoms with van der Waals surface area (Å²) < 4.78 is 2.86. The van der Waals surface area contributed by atoms with Crippen molar-refractivity contribution in [2.75, 3.05) is 13.6 Å². The summed E-state index contributed by atoms with van der Waals surface area (Å²) in [6, 6.07) is 4.36. The van der Waals surface area contributed by atoms with Crippen LogP contribution in [0.5, 0.6) is 0 Å². The summed E-state index contributed by atoms with van der Waals surface area (Å²) in [5.41, 5.74) is 0.915. The minimum Gasteiger partial charge on any atom is -0.296 e. The first-order valence-corrected chi connectivity index (χ1v) is 6.25. The smallest absolute Gasteiger partial charge is 0.168 e. The van der Waals surface area contributed by atoms with Crippen molar-refractivity contribution in [2.24, 2.45) is 0 Å². The fourth-order valence-electron chi connectivity index (χ4n) is 2.25. The lowest BCUT2D eigenvalue weighted by Gasteiger charge is -2.15. The molecule has 84 valence electrons. The normalized spacial score (nSPS) is 22.0. The minimum absolute atomic E-state index is 0.388. The highest BCUT2D eigenvalue weighted by atomic mass is 79.9. The van der Waals surface area contributed by atoms with Crippen molar-refractivity contribution < 1.29 is 0 Å². The number of fused-ring (bicyclic) bond motifs is 1. The van der Waals surface area contributed by atoms with E-state index in [2.05, 4.69) is 38.0 Å². The second kappa shape index (κ2) is 3.82. The van der Waals surface area contributed by atoms with Crippen LogP contribution in [-0.2, 0) is 0 Å². The summed E-state index contributed by atoms with van der Waals surface area (Å²) in [5, 5.41) is 4.54. The first kappa shape index (κ1) is 10.2. The molecule has 1 atom stereocenters. The Kier molecular flexibility index (Phi) is 2.44. The fraction of sp³-hybridized carbons (Fsp3) is 0.455. The minimum atomic E-state index is 0.388. The largest absolute Gasteiger partial charge is 0.296 e. The lowest BCUT2D eigenvalue weighted by Crippen LogP contribution is -2.18. The Morgan fingerprint density at radius 3 is 3.06 bits per heavy atom. The van der Waals surface area contributed by atoms with Crippen LogP contribution in [-0.4, -0.2) is 33.1 Å². The molecule has 0 spiro atoms. The van der Waals surface area contributed by atoms with Gasteiger partial charge in [-0.3, -0.25) is 4.90 Å². The number of likely N-dealkylation sites (tertiary alicyclic amines) is 1. The fourth-order valence-corrected chi connectivity index (χ4v) is 2.58. The molecule has 1 aliphatic rings. The highest BCUT2D eigenvalue weighted by Gasteiger charge is 2.26. The Morgan fingerprint density at radius 1 is 1.44 bits per heavy atom. The molecule has 0 N–H and O–H groups in total. The third-order valence-electron chi connectivity index (χ3n) is 3.13. The van der Waals surface area contributed by atoms with E-state index in [4.69, 9.17) is 0 Å². The van der Waals surface area contributed by atoms with E-state index in [1.165, 1.54) is 6.42 Å². The molecule has 2 aromatic heterocycles. The zero-order valence-corrected chi connectivity index (χ0v) is 10.7. The van der Waals surface area contributed by atoms with Crippen molar-refractivity contribution in [3.63, 3.8) is 0 Å². The zero-order chi connectivity index (χ0) is 11.1. The highest BCUT2D eigenvalue weighted by Crippen LogP contribution is 2.28. The van der Waals surface area contributed by atoms with Crippen LogP contribution >= 0.6 is 15.9 Å². The van der Waals surface area contributed by atoms with Gasteiger partial charge in [0.25, 0.3) is 0 Å². The molecule has 2 aromatic rings. The standard InChI is InChI=1S/C11H13BrN4/c1-15-6-2-3-9(15)11-13-10-5-4-8(12)7-16(10)14-11/h4-5,7,9H,2-3,6H2,1H3. The van der Waals surface area contributed by atoms with Gasteiger partial charge in [-0.25, -0.2) is 9.50 Å². The molecule has 0 saturated carbocycles. The van der Waals surface area contributed by atoms with Crippen molar-refractivity contribution in [3.05, 3.63) is 28.6 Å². The Morgan fingerprint density at radius 2 is 2.31 bits per heavy atom. The van der Waals surface area contributed by atoms with Gasteiger partial charge < -0.3 is 0 Å². The van der Waals surface area contributed by atoms with Crippen LogP contribution in [0, 0.1) is 0 Å². The van der Waals surface area contributed by atoms with Gasteiger partial charge >= 0.3 is 0 Å². The summed E-state index contributed by atoms with van der Waals surface area (Å²) in [7, 11) is 2.14.